The predicted octanol–water partition coefficient (Wildman–Crippen LogP) is -1.31. The second-order valence-electron chi connectivity index (χ2n) is 2.69. The first-order valence-corrected chi connectivity index (χ1v) is 4.03. The lowest BCUT2D eigenvalue weighted by Gasteiger charge is -2.37. The molecular weight excluding hydrogens is 187 g/mol. The summed E-state index contributed by atoms with van der Waals surface area (Å²) in [6.45, 7) is -0.949. The van der Waals surface area contributed by atoms with Gasteiger partial charge in [0.05, 0.1) is 11.4 Å². The average Bonchev–Trinajstić information content (AvgIpc) is 2.08. The highest BCUT2D eigenvalue weighted by Crippen LogP contribution is 2.23. The van der Waals surface area contributed by atoms with Crippen molar-refractivity contribution in [3.05, 3.63) is 0 Å². The number of aliphatic hydroxyl groups is 3. The number of thiol groups is 1. The van der Waals surface area contributed by atoms with E-state index in [0.717, 1.165) is 0 Å². The molecule has 0 saturated carbocycles. The summed E-state index contributed by atoms with van der Waals surface area (Å²) in [5, 5.41) is 26.5. The van der Waals surface area contributed by atoms with E-state index in [9.17, 15) is 9.50 Å². The smallest absolute Gasteiger partial charge is 0.169 e. The molecule has 0 bridgehead atoms. The van der Waals surface area contributed by atoms with Crippen LogP contribution in [0.2, 0.25) is 0 Å². The highest BCUT2D eigenvalue weighted by Gasteiger charge is 2.41. The van der Waals surface area contributed by atoms with Crippen LogP contribution >= 0.6 is 12.6 Å². The second-order valence-corrected chi connectivity index (χ2v) is 3.29. The zero-order valence-corrected chi connectivity index (χ0v) is 7.06. The normalized spacial score (nSPS) is 49.2. The Morgan fingerprint density at radius 2 is 1.83 bits per heavy atom. The Morgan fingerprint density at radius 3 is 2.33 bits per heavy atom. The van der Waals surface area contributed by atoms with Crippen LogP contribution in [0.15, 0.2) is 0 Å². The number of alkyl halides is 1. The molecule has 1 aliphatic heterocycles. The first kappa shape index (κ1) is 10.2. The highest BCUT2D eigenvalue weighted by molar-refractivity contribution is 7.81. The van der Waals surface area contributed by atoms with Gasteiger partial charge in [-0.2, -0.15) is 12.6 Å². The predicted molar refractivity (Wildman–Crippen MR) is 41.6 cm³/mol. The molecule has 1 heterocycles. The maximum absolute atomic E-state index is 12.1. The number of aliphatic hydroxyl groups excluding tert-OH is 3. The van der Waals surface area contributed by atoms with Crippen LogP contribution in [0, 0.1) is 0 Å². The first-order valence-electron chi connectivity index (χ1n) is 3.51. The van der Waals surface area contributed by atoms with Crippen molar-refractivity contribution in [1.29, 1.82) is 0 Å². The van der Waals surface area contributed by atoms with Gasteiger partial charge >= 0.3 is 0 Å². The zero-order chi connectivity index (χ0) is 9.30. The van der Waals surface area contributed by atoms with Gasteiger partial charge in [0.25, 0.3) is 0 Å². The standard InChI is InChI=1S/C6H11FO4S/c7-1-2-3(8)4(9)5(12)6(10)11-2/h2-6,8-10,12H,1H2/t2?,3-,4?,5+,6-/m0/s1. The quantitative estimate of drug-likeness (QED) is 0.395. The molecule has 0 spiro atoms. The molecule has 2 unspecified atom stereocenters. The fraction of sp³-hybridized carbons (Fsp3) is 1.00. The third-order valence-electron chi connectivity index (χ3n) is 1.84. The molecular formula is C6H11FO4S. The minimum Gasteiger partial charge on any atom is -0.389 e. The lowest BCUT2D eigenvalue weighted by Crippen LogP contribution is -2.56. The van der Waals surface area contributed by atoms with Crippen molar-refractivity contribution in [2.24, 2.45) is 0 Å². The molecule has 1 saturated heterocycles. The van der Waals surface area contributed by atoms with Crippen molar-refractivity contribution >= 4 is 12.6 Å². The number of rotatable bonds is 1. The molecule has 1 aliphatic rings. The van der Waals surface area contributed by atoms with Crippen molar-refractivity contribution in [3.63, 3.8) is 0 Å². The maximum Gasteiger partial charge on any atom is 0.169 e. The van der Waals surface area contributed by atoms with Crippen LogP contribution < -0.4 is 0 Å². The summed E-state index contributed by atoms with van der Waals surface area (Å²) >= 11 is 3.78. The molecule has 0 aromatic rings. The second kappa shape index (κ2) is 3.89. The van der Waals surface area contributed by atoms with Crippen LogP contribution in [0.4, 0.5) is 4.39 Å². The molecule has 1 rings (SSSR count). The molecule has 3 N–H and O–H groups in total. The summed E-state index contributed by atoms with van der Waals surface area (Å²) < 4.78 is 16.7. The SMILES string of the molecule is OC1[C@@H](O)C(CF)O[C@H](O)[C@@H]1S. The van der Waals surface area contributed by atoms with Gasteiger partial charge in [0.15, 0.2) is 6.29 Å². The fourth-order valence-electron chi connectivity index (χ4n) is 1.06. The number of halogens is 1. The van der Waals surface area contributed by atoms with Crippen LogP contribution in [0.5, 0.6) is 0 Å². The lowest BCUT2D eigenvalue weighted by molar-refractivity contribution is -0.229. The Kier molecular flexibility index (Phi) is 3.30. The Hall–Kier alpha value is 0.120. The van der Waals surface area contributed by atoms with E-state index >= 15 is 0 Å². The van der Waals surface area contributed by atoms with Gasteiger partial charge in [-0.3, -0.25) is 0 Å². The molecule has 5 atom stereocenters. The fourth-order valence-corrected chi connectivity index (χ4v) is 1.30. The third kappa shape index (κ3) is 1.72. The van der Waals surface area contributed by atoms with Gasteiger partial charge in [0.2, 0.25) is 0 Å². The van der Waals surface area contributed by atoms with E-state index in [4.69, 9.17) is 10.2 Å². The van der Waals surface area contributed by atoms with Crippen molar-refractivity contribution in [1.82, 2.24) is 0 Å². The van der Waals surface area contributed by atoms with Gasteiger partial charge in [-0.1, -0.05) is 0 Å². The minimum absolute atomic E-state index is 0.900. The molecule has 6 heteroatoms. The molecule has 0 aromatic carbocycles. The van der Waals surface area contributed by atoms with Crippen molar-refractivity contribution in [2.75, 3.05) is 6.67 Å². The van der Waals surface area contributed by atoms with Gasteiger partial charge in [-0.05, 0) is 0 Å². The third-order valence-corrected chi connectivity index (χ3v) is 2.40. The van der Waals surface area contributed by atoms with Crippen molar-refractivity contribution in [2.45, 2.75) is 29.9 Å². The summed E-state index contributed by atoms with van der Waals surface area (Å²) in [5.41, 5.74) is 0. The van der Waals surface area contributed by atoms with E-state index in [0.29, 0.717) is 0 Å². The summed E-state index contributed by atoms with van der Waals surface area (Å²) in [4.78, 5) is 0. The molecule has 4 nitrogen and oxygen atoms in total. The van der Waals surface area contributed by atoms with E-state index < -0.39 is 36.5 Å². The van der Waals surface area contributed by atoms with Crippen LogP contribution in [0.3, 0.4) is 0 Å². The molecule has 12 heavy (non-hydrogen) atoms. The highest BCUT2D eigenvalue weighted by atomic mass is 32.1. The summed E-state index contributed by atoms with van der Waals surface area (Å²) in [6, 6.07) is 0. The summed E-state index contributed by atoms with van der Waals surface area (Å²) in [6.07, 6.45) is -5.11. The van der Waals surface area contributed by atoms with Crippen LogP contribution in [-0.4, -0.2) is 51.8 Å². The zero-order valence-electron chi connectivity index (χ0n) is 6.17. The van der Waals surface area contributed by atoms with Crippen molar-refractivity contribution < 1.29 is 24.4 Å². The van der Waals surface area contributed by atoms with E-state index in [-0.39, 0.29) is 0 Å². The lowest BCUT2D eigenvalue weighted by atomic mass is 10.0. The Balaban J connectivity index is 2.63. The Labute approximate surface area is 74.4 Å². The largest absolute Gasteiger partial charge is 0.389 e. The molecule has 0 aliphatic carbocycles. The molecule has 1 fully saturated rings. The Morgan fingerprint density at radius 1 is 1.25 bits per heavy atom. The average molecular weight is 198 g/mol. The van der Waals surface area contributed by atoms with E-state index in [1.54, 1.807) is 0 Å². The number of hydrogen-bond donors (Lipinski definition) is 4. The van der Waals surface area contributed by atoms with E-state index in [2.05, 4.69) is 17.4 Å². The molecule has 72 valence electrons. The van der Waals surface area contributed by atoms with Gasteiger partial charge in [0.1, 0.15) is 18.9 Å². The summed E-state index contributed by atoms with van der Waals surface area (Å²) in [5.74, 6) is 0. The van der Waals surface area contributed by atoms with Gasteiger partial charge in [0, 0.05) is 0 Å². The number of ether oxygens (including phenoxy) is 1. The monoisotopic (exact) mass is 198 g/mol. The molecule has 0 radical (unpaired) electrons. The van der Waals surface area contributed by atoms with E-state index in [1.165, 1.54) is 0 Å². The van der Waals surface area contributed by atoms with E-state index in [1.807, 2.05) is 0 Å². The van der Waals surface area contributed by atoms with Crippen LogP contribution in [-0.2, 0) is 4.74 Å². The van der Waals surface area contributed by atoms with Gasteiger partial charge < -0.3 is 20.1 Å². The maximum atomic E-state index is 12.1. The molecule has 0 amide bonds. The molecule has 0 aromatic heterocycles. The van der Waals surface area contributed by atoms with Gasteiger partial charge in [-0.15, -0.1) is 0 Å². The number of hydrogen-bond acceptors (Lipinski definition) is 5. The Bertz CT molecular complexity index is 154. The van der Waals surface area contributed by atoms with Crippen LogP contribution in [0.1, 0.15) is 0 Å². The van der Waals surface area contributed by atoms with Crippen molar-refractivity contribution in [3.8, 4) is 0 Å². The van der Waals surface area contributed by atoms with Crippen LogP contribution in [0.25, 0.3) is 0 Å². The van der Waals surface area contributed by atoms with Gasteiger partial charge in [-0.25, -0.2) is 4.39 Å². The minimum atomic E-state index is -1.34. The topological polar surface area (TPSA) is 69.9 Å². The summed E-state index contributed by atoms with van der Waals surface area (Å²) in [7, 11) is 0. The first-order chi connectivity index (χ1) is 5.57.